The Balaban J connectivity index is 1.93. The van der Waals surface area contributed by atoms with E-state index in [0.29, 0.717) is 25.4 Å². The van der Waals surface area contributed by atoms with Crippen LogP contribution in [0.2, 0.25) is 5.02 Å². The van der Waals surface area contributed by atoms with Crippen LogP contribution in [0.1, 0.15) is 17.3 Å². The number of anilines is 1. The van der Waals surface area contributed by atoms with Crippen LogP contribution in [0, 0.1) is 5.82 Å². The van der Waals surface area contributed by atoms with Gasteiger partial charge in [-0.1, -0.05) is 11.6 Å². The normalized spacial score (nSPS) is 14.4. The van der Waals surface area contributed by atoms with Crippen LogP contribution in [-0.4, -0.2) is 38.9 Å². The number of benzene rings is 2. The van der Waals surface area contributed by atoms with Gasteiger partial charge < -0.3 is 9.64 Å². The highest BCUT2D eigenvalue weighted by atomic mass is 35.5. The number of carbonyl (C=O) groups excluding carboxylic acids is 1. The number of rotatable bonds is 4. The van der Waals surface area contributed by atoms with E-state index in [1.165, 1.54) is 12.1 Å². The minimum Gasteiger partial charge on any atom is -0.491 e. The predicted molar refractivity (Wildman–Crippen MR) is 95.7 cm³/mol. The van der Waals surface area contributed by atoms with Crippen molar-refractivity contribution in [1.82, 2.24) is 4.90 Å². The summed E-state index contributed by atoms with van der Waals surface area (Å²) in [6, 6.07) is 7.58. The van der Waals surface area contributed by atoms with Gasteiger partial charge in [-0.3, -0.25) is 9.52 Å². The van der Waals surface area contributed by atoms with Crippen LogP contribution in [0.5, 0.6) is 5.75 Å². The number of sulfonamides is 1. The molecular formula is C17H16ClFN2O4S. The number of nitrogens with one attached hydrogen (secondary N) is 1. The molecule has 26 heavy (non-hydrogen) atoms. The van der Waals surface area contributed by atoms with E-state index in [9.17, 15) is 17.6 Å². The summed E-state index contributed by atoms with van der Waals surface area (Å²) in [7, 11) is -3.99. The standard InChI is InChI=1S/C17H16ClFN2O4S/c1-2-21-7-8-25-16-6-3-11(9-13(16)17(21)22)20-26(23,24)12-4-5-15(19)14(18)10-12/h3-6,9-10,20H,2,7-8H2,1H3. The lowest BCUT2D eigenvalue weighted by atomic mass is 10.1. The van der Waals surface area contributed by atoms with Gasteiger partial charge in [0.1, 0.15) is 18.2 Å². The minimum atomic E-state index is -3.99. The first-order valence-corrected chi connectivity index (χ1v) is 9.72. The average molecular weight is 399 g/mol. The largest absolute Gasteiger partial charge is 0.491 e. The van der Waals surface area contributed by atoms with Gasteiger partial charge in [-0.15, -0.1) is 0 Å². The zero-order valence-corrected chi connectivity index (χ0v) is 15.4. The van der Waals surface area contributed by atoms with Gasteiger partial charge in [-0.2, -0.15) is 0 Å². The molecule has 0 atom stereocenters. The molecule has 1 amide bonds. The summed E-state index contributed by atoms with van der Waals surface area (Å²) in [6.07, 6.45) is 0. The SMILES string of the molecule is CCN1CCOc2ccc(NS(=O)(=O)c3ccc(F)c(Cl)c3)cc2C1=O. The Labute approximate surface area is 155 Å². The van der Waals surface area contributed by atoms with Crippen molar-refractivity contribution in [3.05, 3.63) is 52.8 Å². The summed E-state index contributed by atoms with van der Waals surface area (Å²) in [5.74, 6) is -0.539. The topological polar surface area (TPSA) is 75.7 Å². The van der Waals surface area contributed by atoms with Gasteiger partial charge in [-0.25, -0.2) is 12.8 Å². The maximum absolute atomic E-state index is 13.3. The zero-order chi connectivity index (χ0) is 18.9. The molecule has 0 spiro atoms. The molecule has 0 aliphatic carbocycles. The molecule has 0 fully saturated rings. The van der Waals surface area contributed by atoms with Crippen LogP contribution in [0.4, 0.5) is 10.1 Å². The summed E-state index contributed by atoms with van der Waals surface area (Å²) < 4.78 is 46.1. The van der Waals surface area contributed by atoms with Gasteiger partial charge in [0.15, 0.2) is 0 Å². The van der Waals surface area contributed by atoms with Gasteiger partial charge in [0.2, 0.25) is 0 Å². The molecule has 0 unspecified atom stereocenters. The summed E-state index contributed by atoms with van der Waals surface area (Å²) in [6.45, 7) is 3.20. The molecule has 0 radical (unpaired) electrons. The van der Waals surface area contributed by atoms with Crippen LogP contribution < -0.4 is 9.46 Å². The molecule has 0 saturated carbocycles. The van der Waals surface area contributed by atoms with Crippen LogP contribution >= 0.6 is 11.6 Å². The van der Waals surface area contributed by atoms with Crippen molar-refractivity contribution in [2.24, 2.45) is 0 Å². The number of halogens is 2. The number of carbonyl (C=O) groups is 1. The van der Waals surface area contributed by atoms with Gasteiger partial charge in [0.25, 0.3) is 15.9 Å². The lowest BCUT2D eigenvalue weighted by Gasteiger charge is -2.17. The smallest absolute Gasteiger partial charge is 0.261 e. The van der Waals surface area contributed by atoms with E-state index in [2.05, 4.69) is 4.72 Å². The number of amides is 1. The van der Waals surface area contributed by atoms with Gasteiger partial charge in [0.05, 0.1) is 22.0 Å². The monoisotopic (exact) mass is 398 g/mol. The molecule has 1 aliphatic heterocycles. The van der Waals surface area contributed by atoms with E-state index in [-0.39, 0.29) is 27.1 Å². The van der Waals surface area contributed by atoms with Crippen molar-refractivity contribution in [1.29, 1.82) is 0 Å². The number of hydrogen-bond donors (Lipinski definition) is 1. The Kier molecular flexibility index (Phi) is 5.06. The van der Waals surface area contributed by atoms with Crippen molar-refractivity contribution in [3.63, 3.8) is 0 Å². The molecule has 1 N–H and O–H groups in total. The van der Waals surface area contributed by atoms with Gasteiger partial charge in [0, 0.05) is 12.2 Å². The van der Waals surface area contributed by atoms with E-state index in [0.717, 1.165) is 18.2 Å². The molecule has 0 saturated heterocycles. The van der Waals surface area contributed by atoms with Crippen molar-refractivity contribution in [2.75, 3.05) is 24.4 Å². The fourth-order valence-electron chi connectivity index (χ4n) is 2.58. The third-order valence-corrected chi connectivity index (χ3v) is 5.62. The Morgan fingerprint density at radius 1 is 1.27 bits per heavy atom. The first-order chi connectivity index (χ1) is 12.3. The number of fused-ring (bicyclic) bond motifs is 1. The van der Waals surface area contributed by atoms with Crippen LogP contribution in [0.25, 0.3) is 0 Å². The third-order valence-electron chi connectivity index (χ3n) is 3.95. The second-order valence-corrected chi connectivity index (χ2v) is 7.72. The molecule has 2 aromatic carbocycles. The van der Waals surface area contributed by atoms with Crippen LogP contribution in [0.15, 0.2) is 41.3 Å². The summed E-state index contributed by atoms with van der Waals surface area (Å²) in [4.78, 5) is 14.0. The molecule has 9 heteroatoms. The molecule has 0 bridgehead atoms. The molecule has 1 heterocycles. The van der Waals surface area contributed by atoms with E-state index in [4.69, 9.17) is 16.3 Å². The molecular weight excluding hydrogens is 383 g/mol. The summed E-state index contributed by atoms with van der Waals surface area (Å²) in [5, 5.41) is -0.294. The zero-order valence-electron chi connectivity index (χ0n) is 13.8. The van der Waals surface area contributed by atoms with Crippen LogP contribution in [0.3, 0.4) is 0 Å². The van der Waals surface area contributed by atoms with Gasteiger partial charge >= 0.3 is 0 Å². The van der Waals surface area contributed by atoms with E-state index < -0.39 is 15.8 Å². The average Bonchev–Trinajstić information content (AvgIpc) is 2.76. The molecule has 138 valence electrons. The highest BCUT2D eigenvalue weighted by molar-refractivity contribution is 7.92. The summed E-state index contributed by atoms with van der Waals surface area (Å²) in [5.41, 5.74) is 0.473. The maximum atomic E-state index is 13.3. The quantitative estimate of drug-likeness (QED) is 0.858. The molecule has 6 nitrogen and oxygen atoms in total. The van der Waals surface area contributed by atoms with Gasteiger partial charge in [-0.05, 0) is 43.3 Å². The number of likely N-dealkylation sites (N-methyl/N-ethyl adjacent to an activating group) is 1. The highest BCUT2D eigenvalue weighted by Gasteiger charge is 2.24. The lowest BCUT2D eigenvalue weighted by molar-refractivity contribution is 0.0765. The minimum absolute atomic E-state index is 0.184. The molecule has 0 aromatic heterocycles. The second-order valence-electron chi connectivity index (χ2n) is 5.63. The Morgan fingerprint density at radius 3 is 2.73 bits per heavy atom. The highest BCUT2D eigenvalue weighted by Crippen LogP contribution is 2.28. The lowest BCUT2D eigenvalue weighted by Crippen LogP contribution is -2.32. The Bertz CT molecular complexity index is 965. The first-order valence-electron chi connectivity index (χ1n) is 7.86. The number of ether oxygens (including phenoxy) is 1. The summed E-state index contributed by atoms with van der Waals surface area (Å²) >= 11 is 5.65. The van der Waals surface area contributed by atoms with Crippen molar-refractivity contribution < 1.29 is 22.3 Å². The van der Waals surface area contributed by atoms with Crippen molar-refractivity contribution in [3.8, 4) is 5.75 Å². The maximum Gasteiger partial charge on any atom is 0.261 e. The fraction of sp³-hybridized carbons (Fsp3) is 0.235. The first kappa shape index (κ1) is 18.5. The predicted octanol–water partition coefficient (Wildman–Crippen LogP) is 3.13. The Morgan fingerprint density at radius 2 is 2.04 bits per heavy atom. The van der Waals surface area contributed by atoms with E-state index in [1.807, 2.05) is 6.92 Å². The van der Waals surface area contributed by atoms with E-state index >= 15 is 0 Å². The second kappa shape index (κ2) is 7.13. The Hall–Kier alpha value is -2.32. The third kappa shape index (κ3) is 3.61. The van der Waals surface area contributed by atoms with Crippen molar-refractivity contribution >= 4 is 33.2 Å². The van der Waals surface area contributed by atoms with Crippen molar-refractivity contribution in [2.45, 2.75) is 11.8 Å². The van der Waals surface area contributed by atoms with Crippen LogP contribution in [-0.2, 0) is 10.0 Å². The molecule has 1 aliphatic rings. The van der Waals surface area contributed by atoms with E-state index in [1.54, 1.807) is 11.0 Å². The molecule has 3 rings (SSSR count). The molecule has 2 aromatic rings. The fourth-order valence-corrected chi connectivity index (χ4v) is 3.90. The number of nitrogens with zero attached hydrogens (tertiary/aromatic N) is 1. The number of hydrogen-bond acceptors (Lipinski definition) is 4.